The molecule has 4 aromatic rings. The van der Waals surface area contributed by atoms with Crippen LogP contribution in [0.1, 0.15) is 10.4 Å². The minimum absolute atomic E-state index is 0.140. The maximum absolute atomic E-state index is 11.1. The van der Waals surface area contributed by atoms with Crippen molar-refractivity contribution in [2.45, 2.75) is 0 Å². The Balaban J connectivity index is 1.70. The Bertz CT molecular complexity index is 969. The topological polar surface area (TPSA) is 72.6 Å². The molecular formula is C16H9NO4S. The van der Waals surface area contributed by atoms with E-state index in [9.17, 15) is 4.79 Å². The van der Waals surface area contributed by atoms with Crippen molar-refractivity contribution in [3.8, 4) is 10.9 Å². The molecule has 0 fully saturated rings. The van der Waals surface area contributed by atoms with E-state index in [-0.39, 0.29) is 5.56 Å². The van der Waals surface area contributed by atoms with E-state index in [4.69, 9.17) is 14.3 Å². The van der Waals surface area contributed by atoms with Crippen LogP contribution in [0.5, 0.6) is 10.9 Å². The maximum atomic E-state index is 11.1. The van der Waals surface area contributed by atoms with Crippen molar-refractivity contribution < 1.29 is 19.1 Å². The highest BCUT2D eigenvalue weighted by Gasteiger charge is 2.13. The zero-order valence-electron chi connectivity index (χ0n) is 11.1. The van der Waals surface area contributed by atoms with E-state index in [1.165, 1.54) is 17.6 Å². The molecule has 0 aliphatic carbocycles. The van der Waals surface area contributed by atoms with Gasteiger partial charge in [-0.3, -0.25) is 0 Å². The van der Waals surface area contributed by atoms with E-state index < -0.39 is 5.97 Å². The number of carboxylic acid groups (broad SMARTS) is 1. The number of hydrogen-bond donors (Lipinski definition) is 1. The number of aromatic nitrogens is 1. The SMILES string of the molecule is O=C(O)c1coc2cc(Oc3nc4ccccc4s3)ccc12. The quantitative estimate of drug-likeness (QED) is 0.601. The molecule has 0 saturated carbocycles. The third-order valence-corrected chi connectivity index (χ3v) is 4.17. The molecule has 2 aromatic carbocycles. The number of nitrogens with zero attached hydrogens (tertiary/aromatic N) is 1. The van der Waals surface area contributed by atoms with Crippen LogP contribution in [-0.2, 0) is 0 Å². The number of para-hydroxylation sites is 1. The van der Waals surface area contributed by atoms with Crippen molar-refractivity contribution in [2.75, 3.05) is 0 Å². The Labute approximate surface area is 128 Å². The highest BCUT2D eigenvalue weighted by Crippen LogP contribution is 2.33. The van der Waals surface area contributed by atoms with Gasteiger partial charge in [-0.15, -0.1) is 0 Å². The van der Waals surface area contributed by atoms with Crippen molar-refractivity contribution in [1.82, 2.24) is 4.98 Å². The molecule has 108 valence electrons. The summed E-state index contributed by atoms with van der Waals surface area (Å²) in [5.41, 5.74) is 1.49. The van der Waals surface area contributed by atoms with Gasteiger partial charge in [0, 0.05) is 11.5 Å². The third kappa shape index (κ3) is 2.10. The molecule has 0 amide bonds. The predicted molar refractivity (Wildman–Crippen MR) is 82.9 cm³/mol. The fourth-order valence-electron chi connectivity index (χ4n) is 2.23. The average molecular weight is 311 g/mol. The van der Waals surface area contributed by atoms with E-state index in [1.807, 2.05) is 24.3 Å². The molecule has 0 radical (unpaired) electrons. The summed E-state index contributed by atoms with van der Waals surface area (Å²) >= 11 is 1.45. The summed E-state index contributed by atoms with van der Waals surface area (Å²) in [5.74, 6) is -0.462. The van der Waals surface area contributed by atoms with Crippen molar-refractivity contribution in [3.05, 3.63) is 54.3 Å². The second kappa shape index (κ2) is 4.85. The Hall–Kier alpha value is -2.86. The first-order valence-electron chi connectivity index (χ1n) is 6.49. The summed E-state index contributed by atoms with van der Waals surface area (Å²) in [6.45, 7) is 0. The molecule has 0 spiro atoms. The zero-order valence-corrected chi connectivity index (χ0v) is 12.0. The van der Waals surface area contributed by atoms with Crippen LogP contribution < -0.4 is 4.74 Å². The van der Waals surface area contributed by atoms with Gasteiger partial charge in [-0.1, -0.05) is 23.5 Å². The summed E-state index contributed by atoms with van der Waals surface area (Å²) in [6.07, 6.45) is 1.23. The normalized spacial score (nSPS) is 11.1. The van der Waals surface area contributed by atoms with Crippen LogP contribution in [0.25, 0.3) is 21.2 Å². The first-order valence-corrected chi connectivity index (χ1v) is 7.30. The Morgan fingerprint density at radius 3 is 2.91 bits per heavy atom. The van der Waals surface area contributed by atoms with Crippen LogP contribution in [-0.4, -0.2) is 16.1 Å². The monoisotopic (exact) mass is 311 g/mol. The van der Waals surface area contributed by atoms with Crippen molar-refractivity contribution in [1.29, 1.82) is 0 Å². The van der Waals surface area contributed by atoms with Gasteiger partial charge in [-0.25, -0.2) is 9.78 Å². The van der Waals surface area contributed by atoms with E-state index in [0.29, 0.717) is 21.9 Å². The summed E-state index contributed by atoms with van der Waals surface area (Å²) < 4.78 is 12.1. The average Bonchev–Trinajstić information content (AvgIpc) is 3.09. The second-order valence-corrected chi connectivity index (χ2v) is 5.66. The summed E-state index contributed by atoms with van der Waals surface area (Å²) in [4.78, 5) is 15.4. The van der Waals surface area contributed by atoms with E-state index in [1.54, 1.807) is 18.2 Å². The molecule has 2 heterocycles. The minimum Gasteiger partial charge on any atom is -0.478 e. The molecule has 0 saturated heterocycles. The molecule has 5 nitrogen and oxygen atoms in total. The highest BCUT2D eigenvalue weighted by atomic mass is 32.1. The van der Waals surface area contributed by atoms with Crippen molar-refractivity contribution in [3.63, 3.8) is 0 Å². The first kappa shape index (κ1) is 12.8. The van der Waals surface area contributed by atoms with Gasteiger partial charge in [0.1, 0.15) is 23.2 Å². The maximum Gasteiger partial charge on any atom is 0.339 e. The lowest BCUT2D eigenvalue weighted by Gasteiger charge is -2.00. The number of ether oxygens (including phenoxy) is 1. The number of fused-ring (bicyclic) bond motifs is 2. The molecule has 0 aliphatic rings. The largest absolute Gasteiger partial charge is 0.478 e. The highest BCUT2D eigenvalue weighted by molar-refractivity contribution is 7.20. The van der Waals surface area contributed by atoms with Gasteiger partial charge in [-0.2, -0.15) is 0 Å². The molecular weight excluding hydrogens is 302 g/mol. The van der Waals surface area contributed by atoms with Crippen LogP contribution in [0.15, 0.2) is 53.1 Å². The summed E-state index contributed by atoms with van der Waals surface area (Å²) in [7, 11) is 0. The molecule has 4 rings (SSSR count). The van der Waals surface area contributed by atoms with Gasteiger partial charge in [-0.05, 0) is 24.3 Å². The van der Waals surface area contributed by atoms with Gasteiger partial charge >= 0.3 is 5.97 Å². The molecule has 2 aromatic heterocycles. The van der Waals surface area contributed by atoms with Crippen molar-refractivity contribution in [2.24, 2.45) is 0 Å². The van der Waals surface area contributed by atoms with Crippen molar-refractivity contribution >= 4 is 38.5 Å². The number of aromatic carboxylic acids is 1. The number of carboxylic acids is 1. The molecule has 1 N–H and O–H groups in total. The fraction of sp³-hybridized carbons (Fsp3) is 0. The number of carbonyl (C=O) groups is 1. The van der Waals surface area contributed by atoms with E-state index in [2.05, 4.69) is 4.98 Å². The molecule has 0 unspecified atom stereocenters. The first-order chi connectivity index (χ1) is 10.7. The Morgan fingerprint density at radius 2 is 2.09 bits per heavy atom. The van der Waals surface area contributed by atoms with Crippen LogP contribution >= 0.6 is 11.3 Å². The van der Waals surface area contributed by atoms with Crippen LogP contribution in [0.4, 0.5) is 0 Å². The number of furan rings is 1. The lowest BCUT2D eigenvalue weighted by atomic mass is 10.2. The summed E-state index contributed by atoms with van der Waals surface area (Å²) in [6, 6.07) is 12.8. The third-order valence-electron chi connectivity index (χ3n) is 3.26. The minimum atomic E-state index is -1.02. The van der Waals surface area contributed by atoms with Gasteiger partial charge in [0.15, 0.2) is 0 Å². The molecule has 0 atom stereocenters. The number of benzene rings is 2. The molecule has 6 heteroatoms. The fourth-order valence-corrected chi connectivity index (χ4v) is 3.07. The van der Waals surface area contributed by atoms with E-state index >= 15 is 0 Å². The number of hydrogen-bond acceptors (Lipinski definition) is 5. The van der Waals surface area contributed by atoms with Gasteiger partial charge in [0.2, 0.25) is 0 Å². The molecule has 0 bridgehead atoms. The second-order valence-electron chi connectivity index (χ2n) is 4.66. The van der Waals surface area contributed by atoms with Crippen LogP contribution in [0.2, 0.25) is 0 Å². The van der Waals surface area contributed by atoms with Gasteiger partial charge in [0.05, 0.1) is 10.2 Å². The molecule has 0 aliphatic heterocycles. The Morgan fingerprint density at radius 1 is 1.23 bits per heavy atom. The smallest absolute Gasteiger partial charge is 0.339 e. The Kier molecular flexibility index (Phi) is 2.83. The summed E-state index contributed by atoms with van der Waals surface area (Å²) in [5, 5.41) is 10.1. The standard InChI is InChI=1S/C16H9NO4S/c18-15(19)11-8-20-13-7-9(5-6-10(11)13)21-16-17-12-3-1-2-4-14(12)22-16/h1-8H,(H,18,19). The van der Waals surface area contributed by atoms with Gasteiger partial charge in [0.25, 0.3) is 5.19 Å². The molecule has 22 heavy (non-hydrogen) atoms. The van der Waals surface area contributed by atoms with Crippen LogP contribution in [0, 0.1) is 0 Å². The number of thiazole rings is 1. The van der Waals surface area contributed by atoms with Gasteiger partial charge < -0.3 is 14.3 Å². The lowest BCUT2D eigenvalue weighted by molar-refractivity contribution is 0.0698. The predicted octanol–water partition coefficient (Wildman–Crippen LogP) is 4.53. The van der Waals surface area contributed by atoms with Crippen LogP contribution in [0.3, 0.4) is 0 Å². The lowest BCUT2D eigenvalue weighted by Crippen LogP contribution is -1.93. The van der Waals surface area contributed by atoms with E-state index in [0.717, 1.165) is 10.2 Å². The number of rotatable bonds is 3. The zero-order chi connectivity index (χ0) is 15.1.